The van der Waals surface area contributed by atoms with Crippen molar-refractivity contribution in [1.29, 1.82) is 0 Å². The Morgan fingerprint density at radius 1 is 1.40 bits per heavy atom. The fraction of sp³-hybridized carbons (Fsp3) is 0.357. The second-order valence-electron chi connectivity index (χ2n) is 5.12. The van der Waals surface area contributed by atoms with Gasteiger partial charge in [0.2, 0.25) is 17.7 Å². The van der Waals surface area contributed by atoms with Crippen molar-refractivity contribution in [3.8, 4) is 0 Å². The molecule has 0 bridgehead atoms. The van der Waals surface area contributed by atoms with E-state index in [9.17, 15) is 14.4 Å². The van der Waals surface area contributed by atoms with Crippen LogP contribution in [0.1, 0.15) is 18.4 Å². The number of anilines is 2. The molecule has 2 aliphatic rings. The van der Waals surface area contributed by atoms with E-state index in [0.29, 0.717) is 24.9 Å². The lowest BCUT2D eigenvalue weighted by atomic mass is 10.1. The summed E-state index contributed by atoms with van der Waals surface area (Å²) < 4.78 is 0. The number of carbonyl (C=O) groups excluding carboxylic acids is 3. The molecule has 2 aliphatic heterocycles. The van der Waals surface area contributed by atoms with Crippen LogP contribution in [0.3, 0.4) is 0 Å². The molecular weight excluding hydrogens is 258 g/mol. The third-order valence-electron chi connectivity index (χ3n) is 3.74. The first-order valence-corrected chi connectivity index (χ1v) is 6.54. The summed E-state index contributed by atoms with van der Waals surface area (Å²) in [4.78, 5) is 36.3. The van der Waals surface area contributed by atoms with Crippen LogP contribution in [-0.4, -0.2) is 30.8 Å². The van der Waals surface area contributed by atoms with Gasteiger partial charge in [-0.2, -0.15) is 0 Å². The number of hydrogen-bond acceptors (Lipinski definition) is 3. The van der Waals surface area contributed by atoms with Crippen LogP contribution in [0, 0.1) is 0 Å². The maximum atomic E-state index is 12.0. The van der Waals surface area contributed by atoms with Gasteiger partial charge in [0, 0.05) is 24.8 Å². The zero-order valence-corrected chi connectivity index (χ0v) is 11.1. The third-order valence-corrected chi connectivity index (χ3v) is 3.74. The fourth-order valence-electron chi connectivity index (χ4n) is 2.59. The zero-order chi connectivity index (χ0) is 14.3. The molecule has 1 unspecified atom stereocenters. The molecule has 2 heterocycles. The average Bonchev–Trinajstić information content (AvgIpc) is 2.95. The summed E-state index contributed by atoms with van der Waals surface area (Å²) in [5.41, 5.74) is 2.44. The maximum absolute atomic E-state index is 12.0. The van der Waals surface area contributed by atoms with Gasteiger partial charge in [0.15, 0.2) is 0 Å². The van der Waals surface area contributed by atoms with Gasteiger partial charge in [-0.05, 0) is 30.2 Å². The van der Waals surface area contributed by atoms with Gasteiger partial charge in [-0.15, -0.1) is 0 Å². The van der Waals surface area contributed by atoms with Crippen molar-refractivity contribution >= 4 is 29.1 Å². The standard InChI is InChI=1S/C14H15N3O3/c1-17-11-4-2-9(6-8(11)7-13(17)19)15-14(20)10-3-5-12(18)16-10/h2,4,6,10H,3,5,7H2,1H3,(H,15,20)(H,16,18). The fourth-order valence-corrected chi connectivity index (χ4v) is 2.59. The predicted octanol–water partition coefficient (Wildman–Crippen LogP) is 0.423. The molecule has 0 aromatic heterocycles. The summed E-state index contributed by atoms with van der Waals surface area (Å²) in [5.74, 6) is -0.258. The van der Waals surface area contributed by atoms with Crippen molar-refractivity contribution in [2.75, 3.05) is 17.3 Å². The summed E-state index contributed by atoms with van der Waals surface area (Å²) >= 11 is 0. The van der Waals surface area contributed by atoms with E-state index in [0.717, 1.165) is 11.3 Å². The van der Waals surface area contributed by atoms with E-state index in [-0.39, 0.29) is 17.7 Å². The number of nitrogens with zero attached hydrogens (tertiary/aromatic N) is 1. The molecule has 1 aromatic rings. The van der Waals surface area contributed by atoms with E-state index in [2.05, 4.69) is 10.6 Å². The summed E-state index contributed by atoms with van der Waals surface area (Å²) in [7, 11) is 1.74. The van der Waals surface area contributed by atoms with Gasteiger partial charge < -0.3 is 15.5 Å². The Hall–Kier alpha value is -2.37. The summed E-state index contributed by atoms with van der Waals surface area (Å²) in [5, 5.41) is 5.41. The first-order valence-electron chi connectivity index (χ1n) is 6.54. The number of benzene rings is 1. The Morgan fingerprint density at radius 2 is 2.20 bits per heavy atom. The molecule has 6 nitrogen and oxygen atoms in total. The first kappa shape index (κ1) is 12.7. The highest BCUT2D eigenvalue weighted by Crippen LogP contribution is 2.30. The molecule has 0 radical (unpaired) electrons. The second-order valence-corrected chi connectivity index (χ2v) is 5.12. The van der Waals surface area contributed by atoms with Crippen LogP contribution in [0.5, 0.6) is 0 Å². The number of hydrogen-bond donors (Lipinski definition) is 2. The van der Waals surface area contributed by atoms with Crippen molar-refractivity contribution in [2.24, 2.45) is 0 Å². The Labute approximate surface area is 116 Å². The summed E-state index contributed by atoms with van der Waals surface area (Å²) in [6, 6.07) is 4.94. The minimum absolute atomic E-state index is 0.0477. The van der Waals surface area contributed by atoms with Crippen LogP contribution < -0.4 is 15.5 Å². The second kappa shape index (κ2) is 4.63. The summed E-state index contributed by atoms with van der Waals surface area (Å²) in [6.45, 7) is 0. The van der Waals surface area contributed by atoms with Gasteiger partial charge in [-0.1, -0.05) is 0 Å². The highest BCUT2D eigenvalue weighted by Gasteiger charge is 2.28. The van der Waals surface area contributed by atoms with Crippen LogP contribution in [0.15, 0.2) is 18.2 Å². The Morgan fingerprint density at radius 3 is 2.90 bits per heavy atom. The number of fused-ring (bicyclic) bond motifs is 1. The molecule has 6 heteroatoms. The molecule has 2 N–H and O–H groups in total. The van der Waals surface area contributed by atoms with Crippen molar-refractivity contribution in [3.63, 3.8) is 0 Å². The first-order chi connectivity index (χ1) is 9.54. The van der Waals surface area contributed by atoms with Crippen LogP contribution in [-0.2, 0) is 20.8 Å². The molecule has 1 atom stereocenters. The van der Waals surface area contributed by atoms with Crippen molar-refractivity contribution in [2.45, 2.75) is 25.3 Å². The molecular formula is C14H15N3O3. The van der Waals surface area contributed by atoms with E-state index in [1.54, 1.807) is 18.0 Å². The van der Waals surface area contributed by atoms with E-state index in [1.165, 1.54) is 0 Å². The van der Waals surface area contributed by atoms with E-state index < -0.39 is 6.04 Å². The molecule has 0 spiro atoms. The van der Waals surface area contributed by atoms with Gasteiger partial charge in [-0.25, -0.2) is 0 Å². The molecule has 0 aliphatic carbocycles. The largest absolute Gasteiger partial charge is 0.344 e. The van der Waals surface area contributed by atoms with Gasteiger partial charge >= 0.3 is 0 Å². The topological polar surface area (TPSA) is 78.5 Å². The lowest BCUT2D eigenvalue weighted by Gasteiger charge is -2.13. The number of amides is 3. The molecule has 1 saturated heterocycles. The highest BCUT2D eigenvalue weighted by molar-refractivity contribution is 6.03. The third kappa shape index (κ3) is 2.13. The van der Waals surface area contributed by atoms with Crippen molar-refractivity contribution < 1.29 is 14.4 Å². The normalized spacial score (nSPS) is 20.9. The minimum Gasteiger partial charge on any atom is -0.344 e. The predicted molar refractivity (Wildman–Crippen MR) is 73.4 cm³/mol. The molecule has 1 aromatic carbocycles. The zero-order valence-electron chi connectivity index (χ0n) is 11.1. The lowest BCUT2D eigenvalue weighted by molar-refractivity contribution is -0.122. The van der Waals surface area contributed by atoms with Crippen LogP contribution in [0.2, 0.25) is 0 Å². The average molecular weight is 273 g/mol. The van der Waals surface area contributed by atoms with E-state index in [4.69, 9.17) is 0 Å². The van der Waals surface area contributed by atoms with E-state index in [1.807, 2.05) is 12.1 Å². The Balaban J connectivity index is 1.73. The SMILES string of the molecule is CN1C(=O)Cc2cc(NC(=O)C3CCC(=O)N3)ccc21. The monoisotopic (exact) mass is 273 g/mol. The van der Waals surface area contributed by atoms with Gasteiger partial charge in [0.1, 0.15) is 6.04 Å². The van der Waals surface area contributed by atoms with E-state index >= 15 is 0 Å². The van der Waals surface area contributed by atoms with Crippen LogP contribution in [0.4, 0.5) is 11.4 Å². The molecule has 1 fully saturated rings. The van der Waals surface area contributed by atoms with Crippen molar-refractivity contribution in [1.82, 2.24) is 5.32 Å². The maximum Gasteiger partial charge on any atom is 0.246 e. The molecule has 20 heavy (non-hydrogen) atoms. The number of nitrogens with one attached hydrogen (secondary N) is 2. The number of likely N-dealkylation sites (N-methyl/N-ethyl adjacent to an activating group) is 1. The van der Waals surface area contributed by atoms with Gasteiger partial charge in [-0.3, -0.25) is 14.4 Å². The van der Waals surface area contributed by atoms with Crippen molar-refractivity contribution in [3.05, 3.63) is 23.8 Å². The molecule has 3 rings (SSSR count). The van der Waals surface area contributed by atoms with Crippen LogP contribution >= 0.6 is 0 Å². The smallest absolute Gasteiger partial charge is 0.246 e. The number of carbonyl (C=O) groups is 3. The number of rotatable bonds is 2. The lowest BCUT2D eigenvalue weighted by Crippen LogP contribution is -2.37. The molecule has 104 valence electrons. The Kier molecular flexibility index (Phi) is 2.93. The van der Waals surface area contributed by atoms with Gasteiger partial charge in [0.05, 0.1) is 6.42 Å². The quantitative estimate of drug-likeness (QED) is 0.820. The highest BCUT2D eigenvalue weighted by atomic mass is 16.2. The molecule has 0 saturated carbocycles. The minimum atomic E-state index is -0.458. The summed E-state index contributed by atoms with van der Waals surface area (Å²) in [6.07, 6.45) is 1.27. The van der Waals surface area contributed by atoms with Gasteiger partial charge in [0.25, 0.3) is 0 Å². The molecule has 3 amide bonds. The van der Waals surface area contributed by atoms with Crippen LogP contribution in [0.25, 0.3) is 0 Å². The Bertz CT molecular complexity index is 612.